The summed E-state index contributed by atoms with van der Waals surface area (Å²) in [6.07, 6.45) is 16.4. The Morgan fingerprint density at radius 1 is 0.324 bits per heavy atom. The number of aromatic nitrogens is 4. The molecule has 0 aliphatic rings. The number of carbonyl (C=O) groups is 3. The van der Waals surface area contributed by atoms with Crippen LogP contribution in [-0.4, -0.2) is 77.4 Å². The molecule has 21 nitrogen and oxygen atoms in total. The predicted molar refractivity (Wildman–Crippen MR) is 533 cm³/mol. The molecule has 0 spiro atoms. The Morgan fingerprint density at radius 3 is 0.904 bits per heavy atom. The van der Waals surface area contributed by atoms with Crippen LogP contribution in [0.15, 0.2) is 279 Å². The molecule has 0 atom stereocenters. The lowest BCUT2D eigenvalue weighted by molar-refractivity contribution is -0.517. The first-order valence-corrected chi connectivity index (χ1v) is 45.8. The molecule has 20 rings (SSSR count). The highest BCUT2D eigenvalue weighted by molar-refractivity contribution is 7.81. The van der Waals surface area contributed by atoms with E-state index >= 15 is 0 Å². The van der Waals surface area contributed by atoms with Gasteiger partial charge >= 0.3 is 17.9 Å². The number of rotatable bonds is 11. The molecule has 0 fully saturated rings. The van der Waals surface area contributed by atoms with E-state index in [0.717, 1.165) is 91.9 Å². The van der Waals surface area contributed by atoms with Crippen LogP contribution in [0.4, 0.5) is 0 Å². The van der Waals surface area contributed by atoms with Gasteiger partial charge in [0, 0.05) is 126 Å². The molecule has 1 N–H and O–H groups in total. The summed E-state index contributed by atoms with van der Waals surface area (Å²) in [6, 6.07) is 79.4. The van der Waals surface area contributed by atoms with Crippen LogP contribution in [0, 0.1) is 83.1 Å². The Bertz CT molecular complexity index is 8370. The van der Waals surface area contributed by atoms with E-state index in [1.165, 1.54) is 165 Å². The number of aromatic carboxylic acids is 1. The van der Waals surface area contributed by atoms with Gasteiger partial charge in [0.1, 0.15) is 23.0 Å². The van der Waals surface area contributed by atoms with Gasteiger partial charge in [-0.3, -0.25) is 9.59 Å². The van der Waals surface area contributed by atoms with Gasteiger partial charge < -0.3 is 58.3 Å². The first-order valence-electron chi connectivity index (χ1n) is 43.1. The van der Waals surface area contributed by atoms with Gasteiger partial charge in [-0.05, 0) is 265 Å². The maximum Gasteiger partial charge on any atom is 0.335 e. The quantitative estimate of drug-likeness (QED) is 0.0414. The number of ether oxygens (including phenoxy) is 4. The molecule has 0 saturated carbocycles. The third-order valence-corrected chi connectivity index (χ3v) is 25.6. The zero-order chi connectivity index (χ0) is 95.8. The molecule has 0 bridgehead atoms. The van der Waals surface area contributed by atoms with Crippen molar-refractivity contribution in [2.45, 2.75) is 96.9 Å². The number of halogens is 2. The third kappa shape index (κ3) is 21.3. The Hall–Kier alpha value is -14.7. The fourth-order valence-corrected chi connectivity index (χ4v) is 17.7. The van der Waals surface area contributed by atoms with Gasteiger partial charge in [0.05, 0.1) is 68.1 Å². The second kappa shape index (κ2) is 40.6. The SMILES string of the molecule is CC(=O)OS(=O)(=O)[O-].CC(=O)OS(=O)(=O)[O-].COc1cc2cc[n+]3c(C)c4cc(C)c(C)cc4cc3c2cc1-c1ccc(C(=O)O)cc1.COc1cc2cc[n+]3c(C)c4cc(C)c(C)cc4cc3c2cc1-c1ccc(C)cc1.COc1cc2cc[n+]3cc4cc(C)c(C)cc4cc3c2cc1-c1ccc(C)cc1.COc1cc2cc[n+]3cc4cc(C)c(C)cc4cc3c2cc1-c1ccoc1.Cl.[Cl-]. The summed E-state index contributed by atoms with van der Waals surface area (Å²) in [5, 5.41) is 28.7. The molecular formula is C111H101Cl2N4O17S2+. The van der Waals surface area contributed by atoms with E-state index < -0.39 is 38.7 Å². The number of fused-ring (bicyclic) bond motifs is 16. The molecule has 11 aromatic carbocycles. The molecule has 0 aliphatic heterocycles. The van der Waals surface area contributed by atoms with Crippen molar-refractivity contribution in [3.05, 3.63) is 347 Å². The number of furan rings is 1. The minimum atomic E-state index is -4.82. The van der Waals surface area contributed by atoms with E-state index in [9.17, 15) is 45.4 Å². The maximum atomic E-state index is 11.2. The van der Waals surface area contributed by atoms with Gasteiger partial charge in [-0.2, -0.15) is 17.6 Å². The average molecular weight is 1900 g/mol. The molecule has 136 heavy (non-hydrogen) atoms. The van der Waals surface area contributed by atoms with Gasteiger partial charge in [0.15, 0.2) is 48.6 Å². The topological polar surface area (TPSA) is 271 Å². The number of aryl methyl sites for hydroxylation is 12. The molecule has 9 aromatic heterocycles. The van der Waals surface area contributed by atoms with Crippen LogP contribution < -0.4 is 49.0 Å². The minimum Gasteiger partial charge on any atom is -1.00 e. The summed E-state index contributed by atoms with van der Waals surface area (Å²) >= 11 is 0. The Labute approximate surface area is 800 Å². The number of pyridine rings is 8. The van der Waals surface area contributed by atoms with Crippen molar-refractivity contribution in [1.29, 1.82) is 0 Å². The van der Waals surface area contributed by atoms with Crippen molar-refractivity contribution in [3.8, 4) is 67.5 Å². The van der Waals surface area contributed by atoms with Crippen molar-refractivity contribution >= 4 is 159 Å². The van der Waals surface area contributed by atoms with Crippen LogP contribution in [0.5, 0.6) is 23.0 Å². The first-order chi connectivity index (χ1) is 63.8. The standard InChI is InChI=1S/C28H23NO3.C28H26NO.C27H24NO.C24H20NO2.2C2H4O5S.2ClH/c1-16-11-22-13-26-24-15-25(19-5-7-20(8-6-19)28(30)31)27(32-4)14-21(24)9-10-29(26)18(3)23(22)12-17(16)2;1-17-6-8-21(9-7-17)26-16-25-22(15-28(26)30-5)10-11-29-20(4)24-13-19(3)18(2)12-23(24)14-27(25)29;1-17-5-7-20(8-6-17)25-15-24-21(14-27(25)29-4)9-10-28-16-23-12-19(3)18(2)11-22(23)13-26(24)28;1-15-8-19-10-23-21-12-22(18-5-7-27-14-18)24(26-3)11-17(21)4-6-25(23)13-20(19)9-16(15)2;2*1-2(3)7-8(4,5)6;;/h5-15H,1-4H3;6-16H,1-5H3;5-16H,1-4H3;4-14H,1-3H3;2*1H3,(H,4,5,6);2*1H/q;3*+1;;;;/p-2. The van der Waals surface area contributed by atoms with Gasteiger partial charge in [-0.15, -0.1) is 12.4 Å². The molecule has 0 unspecified atom stereocenters. The molecule has 0 radical (unpaired) electrons. The minimum absolute atomic E-state index is 0. The third-order valence-electron chi connectivity index (χ3n) is 24.7. The molecule has 25 heteroatoms. The molecule has 0 saturated heterocycles. The van der Waals surface area contributed by atoms with Gasteiger partial charge in [0.25, 0.3) is 20.8 Å². The Balaban J connectivity index is 0.000000145. The van der Waals surface area contributed by atoms with Gasteiger partial charge in [0.2, 0.25) is 22.1 Å². The Kier molecular flexibility index (Phi) is 29.5. The number of benzene rings is 11. The largest absolute Gasteiger partial charge is 1.00 e. The van der Waals surface area contributed by atoms with Crippen molar-refractivity contribution in [1.82, 2.24) is 0 Å². The summed E-state index contributed by atoms with van der Waals surface area (Å²) < 4.78 is 100. The highest BCUT2D eigenvalue weighted by Gasteiger charge is 2.24. The summed E-state index contributed by atoms with van der Waals surface area (Å²) in [7, 11) is -2.79. The van der Waals surface area contributed by atoms with Crippen LogP contribution in [0.1, 0.15) is 91.2 Å². The van der Waals surface area contributed by atoms with Crippen LogP contribution in [0.25, 0.3) is 153 Å². The molecule has 0 aliphatic carbocycles. The zero-order valence-corrected chi connectivity index (χ0v) is 81.6. The number of hydrogen-bond acceptors (Lipinski definition) is 16. The lowest BCUT2D eigenvalue weighted by atomic mass is 9.97. The lowest BCUT2D eigenvalue weighted by Crippen LogP contribution is -3.00. The monoisotopic (exact) mass is 1900 g/mol. The number of carboxylic acids is 1. The zero-order valence-electron chi connectivity index (χ0n) is 78.4. The molecule has 692 valence electrons. The van der Waals surface area contributed by atoms with E-state index in [2.05, 4.69) is 340 Å². The number of carbonyl (C=O) groups excluding carboxylic acids is 2. The average Bonchev–Trinajstić information content (AvgIpc) is 0.784. The lowest BCUT2D eigenvalue weighted by Gasteiger charge is -2.12. The normalized spacial score (nSPS) is 11.2. The number of nitrogens with zero attached hydrogens (tertiary/aromatic N) is 4. The van der Waals surface area contributed by atoms with Gasteiger partial charge in [-0.1, -0.05) is 96.1 Å². The van der Waals surface area contributed by atoms with Crippen molar-refractivity contribution in [3.63, 3.8) is 0 Å². The maximum absolute atomic E-state index is 11.2. The van der Waals surface area contributed by atoms with Crippen molar-refractivity contribution in [2.75, 3.05) is 28.4 Å². The summed E-state index contributed by atoms with van der Waals surface area (Å²) in [5.74, 6) is 0.226. The van der Waals surface area contributed by atoms with E-state index in [1.54, 1.807) is 53.1 Å². The molecule has 9 heterocycles. The van der Waals surface area contributed by atoms with E-state index in [-0.39, 0.29) is 30.4 Å². The van der Waals surface area contributed by atoms with Crippen LogP contribution in [0.2, 0.25) is 0 Å². The number of carboxylic acid groups (broad SMARTS) is 1. The summed E-state index contributed by atoms with van der Waals surface area (Å²) in [6.45, 7) is 27.6. The smallest absolute Gasteiger partial charge is 0.335 e. The second-order valence-electron chi connectivity index (χ2n) is 33.7. The molecule has 0 amide bonds. The fraction of sp³-hybridized carbons (Fsp3) is 0.162. The fourth-order valence-electron chi connectivity index (χ4n) is 17.1. The van der Waals surface area contributed by atoms with E-state index in [4.69, 9.17) is 23.4 Å². The van der Waals surface area contributed by atoms with E-state index in [0.29, 0.717) is 0 Å². The van der Waals surface area contributed by atoms with E-state index in [1.807, 2.05) is 18.2 Å². The summed E-state index contributed by atoms with van der Waals surface area (Å²) in [5.41, 5.74) is 29.0. The molecular weight excluding hydrogens is 1800 g/mol. The Morgan fingerprint density at radius 2 is 0.610 bits per heavy atom. The number of hydrogen-bond donors (Lipinski definition) is 1. The van der Waals surface area contributed by atoms with Gasteiger partial charge in [-0.25, -0.2) is 21.6 Å². The highest BCUT2D eigenvalue weighted by Crippen LogP contribution is 2.42. The van der Waals surface area contributed by atoms with Crippen LogP contribution >= 0.6 is 12.4 Å². The summed E-state index contributed by atoms with van der Waals surface area (Å²) in [4.78, 5) is 30.6. The number of methoxy groups -OCH3 is 4. The van der Waals surface area contributed by atoms with Crippen LogP contribution in [0.3, 0.4) is 0 Å². The van der Waals surface area contributed by atoms with Crippen LogP contribution in [-0.2, 0) is 38.8 Å². The van der Waals surface area contributed by atoms with Crippen molar-refractivity contribution < 1.29 is 107 Å². The predicted octanol–water partition coefficient (Wildman–Crippen LogP) is 20.1. The first kappa shape index (κ1) is 98.8. The molecule has 20 aromatic rings. The van der Waals surface area contributed by atoms with Crippen molar-refractivity contribution in [2.24, 2.45) is 0 Å². The second-order valence-corrected chi connectivity index (χ2v) is 35.7. The highest BCUT2D eigenvalue weighted by atomic mass is 35.5.